The summed E-state index contributed by atoms with van der Waals surface area (Å²) in [5, 5.41) is 15.3. The Balaban J connectivity index is 1.82. The van der Waals surface area contributed by atoms with Crippen LogP contribution in [0.4, 0.5) is 5.69 Å². The quantitative estimate of drug-likeness (QED) is 0.814. The third kappa shape index (κ3) is 5.44. The van der Waals surface area contributed by atoms with Crippen molar-refractivity contribution in [2.24, 2.45) is 0 Å². The van der Waals surface area contributed by atoms with Crippen molar-refractivity contribution in [3.8, 4) is 0 Å². The van der Waals surface area contributed by atoms with Gasteiger partial charge in [0.25, 0.3) is 0 Å². The average molecular weight is 336 g/mol. The number of amides is 1. The molecular weight excluding hydrogens is 316 g/mol. The molecule has 2 aromatic rings. The molecule has 1 aromatic heterocycles. The van der Waals surface area contributed by atoms with Crippen LogP contribution in [-0.4, -0.2) is 27.4 Å². The van der Waals surface area contributed by atoms with Crippen molar-refractivity contribution in [1.82, 2.24) is 4.98 Å². The summed E-state index contributed by atoms with van der Waals surface area (Å²) in [5.74, 6) is 0.695. The predicted molar refractivity (Wildman–Crippen MR) is 93.3 cm³/mol. The first-order valence-corrected chi connectivity index (χ1v) is 9.05. The van der Waals surface area contributed by atoms with Gasteiger partial charge in [0.05, 0.1) is 18.2 Å². The molecule has 2 atom stereocenters. The maximum Gasteiger partial charge on any atom is 0.231 e. The molecule has 0 bridgehead atoms. The molecule has 0 fully saturated rings. The van der Waals surface area contributed by atoms with Gasteiger partial charge in [0.2, 0.25) is 5.91 Å². The Morgan fingerprint density at radius 3 is 2.77 bits per heavy atom. The molecule has 22 heavy (non-hydrogen) atoms. The Bertz CT molecular complexity index is 599. The van der Waals surface area contributed by atoms with Gasteiger partial charge in [-0.15, -0.1) is 23.1 Å². The summed E-state index contributed by atoms with van der Waals surface area (Å²) < 4.78 is 0. The van der Waals surface area contributed by atoms with E-state index in [0.717, 1.165) is 22.1 Å². The Morgan fingerprint density at radius 1 is 1.36 bits per heavy atom. The van der Waals surface area contributed by atoms with E-state index in [4.69, 9.17) is 0 Å². The summed E-state index contributed by atoms with van der Waals surface area (Å²) in [4.78, 5) is 16.4. The number of nitrogens with one attached hydrogen (secondary N) is 1. The van der Waals surface area contributed by atoms with E-state index < -0.39 is 0 Å². The minimum absolute atomic E-state index is 0.0582. The molecule has 2 N–H and O–H groups in total. The van der Waals surface area contributed by atoms with E-state index in [-0.39, 0.29) is 23.7 Å². The van der Waals surface area contributed by atoms with Crippen molar-refractivity contribution < 1.29 is 9.90 Å². The van der Waals surface area contributed by atoms with E-state index in [1.54, 1.807) is 18.7 Å². The SMILES string of the molecule is CC(O)C(C)SCc1csc(CC(=O)Nc2ccccc2)n1. The van der Waals surface area contributed by atoms with Crippen molar-refractivity contribution >= 4 is 34.7 Å². The van der Waals surface area contributed by atoms with Crippen LogP contribution in [0.25, 0.3) is 0 Å². The second-order valence-electron chi connectivity index (χ2n) is 5.08. The Hall–Kier alpha value is -1.37. The minimum Gasteiger partial charge on any atom is -0.392 e. The van der Waals surface area contributed by atoms with Crippen molar-refractivity contribution in [3.05, 3.63) is 46.4 Å². The number of thioether (sulfide) groups is 1. The summed E-state index contributed by atoms with van der Waals surface area (Å²) in [5.41, 5.74) is 1.76. The van der Waals surface area contributed by atoms with E-state index in [1.807, 2.05) is 42.6 Å². The molecule has 0 radical (unpaired) electrons. The molecule has 0 saturated carbocycles. The van der Waals surface area contributed by atoms with Crippen LogP contribution in [0.3, 0.4) is 0 Å². The van der Waals surface area contributed by atoms with Gasteiger partial charge in [0, 0.05) is 22.1 Å². The van der Waals surface area contributed by atoms with Crippen LogP contribution in [0.1, 0.15) is 24.5 Å². The summed E-state index contributed by atoms with van der Waals surface area (Å²) in [7, 11) is 0. The zero-order valence-corrected chi connectivity index (χ0v) is 14.3. The number of rotatable bonds is 7. The largest absolute Gasteiger partial charge is 0.392 e. The summed E-state index contributed by atoms with van der Waals surface area (Å²) in [6, 6.07) is 9.41. The van der Waals surface area contributed by atoms with Gasteiger partial charge < -0.3 is 10.4 Å². The third-order valence-corrected chi connectivity index (χ3v) is 5.42. The fourth-order valence-corrected chi connectivity index (χ4v) is 3.47. The third-order valence-electron chi connectivity index (χ3n) is 3.14. The lowest BCUT2D eigenvalue weighted by Gasteiger charge is -2.12. The number of benzene rings is 1. The van der Waals surface area contributed by atoms with Crippen molar-refractivity contribution in [1.29, 1.82) is 0 Å². The van der Waals surface area contributed by atoms with Crippen LogP contribution in [0.2, 0.25) is 0 Å². The average Bonchev–Trinajstić information content (AvgIpc) is 2.93. The highest BCUT2D eigenvalue weighted by atomic mass is 32.2. The molecule has 0 saturated heterocycles. The smallest absolute Gasteiger partial charge is 0.231 e. The van der Waals surface area contributed by atoms with Gasteiger partial charge in [-0.3, -0.25) is 4.79 Å². The summed E-state index contributed by atoms with van der Waals surface area (Å²) >= 11 is 3.17. The predicted octanol–water partition coefficient (Wildman–Crippen LogP) is 3.33. The first-order valence-electron chi connectivity index (χ1n) is 7.12. The molecular formula is C16H20N2O2S2. The molecule has 6 heteroatoms. The van der Waals surface area contributed by atoms with Gasteiger partial charge >= 0.3 is 0 Å². The first kappa shape index (κ1) is 17.0. The zero-order valence-electron chi connectivity index (χ0n) is 12.7. The number of nitrogens with zero attached hydrogens (tertiary/aromatic N) is 1. The molecule has 0 aliphatic rings. The van der Waals surface area contributed by atoms with Crippen LogP contribution < -0.4 is 5.32 Å². The van der Waals surface area contributed by atoms with Crippen LogP contribution in [0.5, 0.6) is 0 Å². The second kappa shape index (κ2) is 8.31. The monoisotopic (exact) mass is 336 g/mol. The summed E-state index contributed by atoms with van der Waals surface area (Å²) in [6.07, 6.45) is -0.0457. The zero-order chi connectivity index (χ0) is 15.9. The lowest BCUT2D eigenvalue weighted by atomic mass is 10.3. The molecule has 1 aromatic carbocycles. The van der Waals surface area contributed by atoms with Crippen LogP contribution in [0.15, 0.2) is 35.7 Å². The number of carbonyl (C=O) groups is 1. The number of aliphatic hydroxyl groups is 1. The molecule has 0 aliphatic heterocycles. The number of aliphatic hydroxyl groups excluding tert-OH is 1. The van der Waals surface area contributed by atoms with Gasteiger partial charge in [-0.1, -0.05) is 25.1 Å². The standard InChI is InChI=1S/C16H20N2O2S2/c1-11(19)12(2)21-9-14-10-22-16(18-14)8-15(20)17-13-6-4-3-5-7-13/h3-7,10-12,19H,8-9H2,1-2H3,(H,17,20). The number of aromatic nitrogens is 1. The topological polar surface area (TPSA) is 62.2 Å². The number of hydrogen-bond donors (Lipinski definition) is 2. The lowest BCUT2D eigenvalue weighted by Crippen LogP contribution is -2.15. The molecule has 0 aliphatic carbocycles. The summed E-state index contributed by atoms with van der Waals surface area (Å²) in [6.45, 7) is 3.79. The Kier molecular flexibility index (Phi) is 6.42. The highest BCUT2D eigenvalue weighted by Gasteiger charge is 2.12. The Labute approximate surface area is 139 Å². The van der Waals surface area contributed by atoms with Crippen molar-refractivity contribution in [3.63, 3.8) is 0 Å². The van der Waals surface area contributed by atoms with Crippen LogP contribution in [-0.2, 0) is 17.0 Å². The fourth-order valence-electron chi connectivity index (χ4n) is 1.72. The van der Waals surface area contributed by atoms with Crippen molar-refractivity contribution in [2.45, 2.75) is 37.4 Å². The molecule has 4 nitrogen and oxygen atoms in total. The van der Waals surface area contributed by atoms with E-state index in [9.17, 15) is 9.90 Å². The number of thiazole rings is 1. The molecule has 118 valence electrons. The number of anilines is 1. The van der Waals surface area contributed by atoms with E-state index in [1.165, 1.54) is 11.3 Å². The molecule has 1 heterocycles. The number of carbonyl (C=O) groups excluding carboxylic acids is 1. The highest BCUT2D eigenvalue weighted by Crippen LogP contribution is 2.21. The molecule has 0 spiro atoms. The maximum absolute atomic E-state index is 12.0. The first-order chi connectivity index (χ1) is 10.5. The minimum atomic E-state index is -0.334. The molecule has 2 rings (SSSR count). The molecule has 2 unspecified atom stereocenters. The van der Waals surface area contributed by atoms with Crippen molar-refractivity contribution in [2.75, 3.05) is 5.32 Å². The Morgan fingerprint density at radius 2 is 2.09 bits per heavy atom. The maximum atomic E-state index is 12.0. The highest BCUT2D eigenvalue weighted by molar-refractivity contribution is 7.99. The van der Waals surface area contributed by atoms with Crippen LogP contribution in [0, 0.1) is 0 Å². The van der Waals surface area contributed by atoms with Gasteiger partial charge in [-0.2, -0.15) is 0 Å². The normalized spacial score (nSPS) is 13.6. The van der Waals surface area contributed by atoms with Gasteiger partial charge in [-0.25, -0.2) is 4.98 Å². The van der Waals surface area contributed by atoms with Gasteiger partial charge in [0.15, 0.2) is 0 Å². The number of hydrogen-bond acceptors (Lipinski definition) is 5. The van der Waals surface area contributed by atoms with E-state index in [2.05, 4.69) is 10.3 Å². The van der Waals surface area contributed by atoms with E-state index in [0.29, 0.717) is 0 Å². The van der Waals surface area contributed by atoms with Gasteiger partial charge in [-0.05, 0) is 19.1 Å². The number of para-hydroxylation sites is 1. The second-order valence-corrected chi connectivity index (χ2v) is 7.39. The molecule has 1 amide bonds. The van der Waals surface area contributed by atoms with Gasteiger partial charge in [0.1, 0.15) is 5.01 Å². The lowest BCUT2D eigenvalue weighted by molar-refractivity contribution is -0.115. The van der Waals surface area contributed by atoms with Crippen LogP contribution >= 0.6 is 23.1 Å². The fraction of sp³-hybridized carbons (Fsp3) is 0.375. The van der Waals surface area contributed by atoms with E-state index >= 15 is 0 Å².